The van der Waals surface area contributed by atoms with Gasteiger partial charge in [0.15, 0.2) is 11.5 Å². The molecular weight excluding hydrogens is 399 g/mol. The van der Waals surface area contributed by atoms with Crippen molar-refractivity contribution in [3.05, 3.63) is 53.6 Å². The fourth-order valence-corrected chi connectivity index (χ4v) is 4.01. The van der Waals surface area contributed by atoms with Gasteiger partial charge in [0.1, 0.15) is 0 Å². The second-order valence-electron chi connectivity index (χ2n) is 7.07. The highest BCUT2D eigenvalue weighted by atomic mass is 32.2. The minimum absolute atomic E-state index is 0.199. The SMILES string of the molecule is CCCCCCCCN(Cc1cccc(C(F)(F)F)c1)Sc1ccc(O)c(O)c1. The molecule has 29 heavy (non-hydrogen) atoms. The average molecular weight is 428 g/mol. The van der Waals surface area contributed by atoms with Crippen molar-refractivity contribution in [2.24, 2.45) is 0 Å². The monoisotopic (exact) mass is 427 g/mol. The Morgan fingerprint density at radius 2 is 1.62 bits per heavy atom. The Hall–Kier alpha value is -1.86. The lowest BCUT2D eigenvalue weighted by Crippen LogP contribution is -2.17. The summed E-state index contributed by atoms with van der Waals surface area (Å²) in [5.41, 5.74) is -0.0666. The Morgan fingerprint density at radius 3 is 2.31 bits per heavy atom. The van der Waals surface area contributed by atoms with Crippen LogP contribution in [0.3, 0.4) is 0 Å². The third-order valence-electron chi connectivity index (χ3n) is 4.56. The van der Waals surface area contributed by atoms with Gasteiger partial charge in [0.2, 0.25) is 0 Å². The Morgan fingerprint density at radius 1 is 0.897 bits per heavy atom. The molecule has 0 atom stereocenters. The molecule has 0 bridgehead atoms. The molecule has 0 fully saturated rings. The first-order chi connectivity index (χ1) is 13.8. The van der Waals surface area contributed by atoms with Crippen molar-refractivity contribution in [3.63, 3.8) is 0 Å². The largest absolute Gasteiger partial charge is 0.504 e. The fourth-order valence-electron chi connectivity index (χ4n) is 2.98. The summed E-state index contributed by atoms with van der Waals surface area (Å²) in [5.74, 6) is -0.414. The van der Waals surface area contributed by atoms with Crippen LogP contribution in [0, 0.1) is 0 Å². The molecule has 0 heterocycles. The Bertz CT molecular complexity index is 768. The maximum atomic E-state index is 13.0. The second-order valence-corrected chi connectivity index (χ2v) is 8.24. The molecule has 0 amide bonds. The summed E-state index contributed by atoms with van der Waals surface area (Å²) in [7, 11) is 0. The molecule has 0 aliphatic rings. The van der Waals surface area contributed by atoms with Gasteiger partial charge in [-0.15, -0.1) is 0 Å². The maximum Gasteiger partial charge on any atom is 0.416 e. The van der Waals surface area contributed by atoms with Crippen molar-refractivity contribution in [2.75, 3.05) is 6.54 Å². The summed E-state index contributed by atoms with van der Waals surface area (Å²) in [6.07, 6.45) is 2.40. The zero-order chi connectivity index (χ0) is 21.3. The fraction of sp³-hybridized carbons (Fsp3) is 0.455. The standard InChI is InChI=1S/C22H28F3NO2S/c1-2-3-4-5-6-7-13-26(29-19-11-12-20(27)21(28)15-19)16-17-9-8-10-18(14-17)22(23,24)25/h8-12,14-15,27-28H,2-7,13,16H2,1H3. The van der Waals surface area contributed by atoms with Gasteiger partial charge in [-0.3, -0.25) is 0 Å². The van der Waals surface area contributed by atoms with Crippen molar-refractivity contribution in [1.82, 2.24) is 4.31 Å². The minimum atomic E-state index is -4.37. The maximum absolute atomic E-state index is 13.0. The Kier molecular flexibility index (Phi) is 9.17. The van der Waals surface area contributed by atoms with Crippen LogP contribution in [0.4, 0.5) is 13.2 Å². The van der Waals surface area contributed by atoms with Crippen molar-refractivity contribution in [1.29, 1.82) is 0 Å². The summed E-state index contributed by atoms with van der Waals surface area (Å²) < 4.78 is 41.0. The van der Waals surface area contributed by atoms with Crippen LogP contribution < -0.4 is 0 Å². The molecule has 2 aromatic carbocycles. The minimum Gasteiger partial charge on any atom is -0.504 e. The number of hydrogen-bond acceptors (Lipinski definition) is 4. The lowest BCUT2D eigenvalue weighted by Gasteiger charge is -2.22. The molecule has 0 aliphatic carbocycles. The van der Waals surface area contributed by atoms with Gasteiger partial charge in [-0.1, -0.05) is 57.2 Å². The van der Waals surface area contributed by atoms with Gasteiger partial charge >= 0.3 is 6.18 Å². The smallest absolute Gasteiger partial charge is 0.416 e. The first kappa shape index (κ1) is 23.4. The molecule has 0 unspecified atom stereocenters. The molecule has 160 valence electrons. The van der Waals surface area contributed by atoms with E-state index in [9.17, 15) is 23.4 Å². The number of phenols is 2. The molecular formula is C22H28F3NO2S. The summed E-state index contributed by atoms with van der Waals surface area (Å²) >= 11 is 1.37. The predicted molar refractivity (Wildman–Crippen MR) is 111 cm³/mol. The topological polar surface area (TPSA) is 43.7 Å². The zero-order valence-electron chi connectivity index (χ0n) is 16.6. The number of nitrogens with zero attached hydrogens (tertiary/aromatic N) is 1. The van der Waals surface area contributed by atoms with Crippen LogP contribution in [0.2, 0.25) is 0 Å². The molecule has 0 aliphatic heterocycles. The molecule has 2 N–H and O–H groups in total. The van der Waals surface area contributed by atoms with Crippen molar-refractivity contribution < 1.29 is 23.4 Å². The van der Waals surface area contributed by atoms with Gasteiger partial charge in [0.25, 0.3) is 0 Å². The molecule has 3 nitrogen and oxygen atoms in total. The molecule has 0 aromatic heterocycles. The highest BCUT2D eigenvalue weighted by Gasteiger charge is 2.30. The van der Waals surface area contributed by atoms with E-state index < -0.39 is 11.7 Å². The second kappa shape index (κ2) is 11.4. The molecule has 0 saturated carbocycles. The molecule has 2 rings (SSSR count). The molecule has 0 radical (unpaired) electrons. The first-order valence-electron chi connectivity index (χ1n) is 9.90. The lowest BCUT2D eigenvalue weighted by molar-refractivity contribution is -0.137. The van der Waals surface area contributed by atoms with Crippen molar-refractivity contribution in [2.45, 2.75) is 63.1 Å². The summed E-state index contributed by atoms with van der Waals surface area (Å²) in [6, 6.07) is 9.93. The Balaban J connectivity index is 2.06. The predicted octanol–water partition coefficient (Wildman–Crippen LogP) is 6.99. The number of benzene rings is 2. The van der Waals surface area contributed by atoms with Gasteiger partial charge in [-0.05, 0) is 48.2 Å². The van der Waals surface area contributed by atoms with E-state index >= 15 is 0 Å². The number of alkyl halides is 3. The van der Waals surface area contributed by atoms with Crippen LogP contribution in [0.15, 0.2) is 47.4 Å². The molecule has 7 heteroatoms. The number of rotatable bonds is 11. The van der Waals surface area contributed by atoms with Crippen molar-refractivity contribution in [3.8, 4) is 11.5 Å². The lowest BCUT2D eigenvalue weighted by atomic mass is 10.1. The first-order valence-corrected chi connectivity index (χ1v) is 10.7. The van der Waals surface area contributed by atoms with E-state index in [0.29, 0.717) is 18.7 Å². The summed E-state index contributed by atoms with van der Waals surface area (Å²) in [5, 5.41) is 19.2. The molecule has 0 saturated heterocycles. The van der Waals surface area contributed by atoms with Crippen LogP contribution in [0.25, 0.3) is 0 Å². The van der Waals surface area contributed by atoms with Gasteiger partial charge in [0, 0.05) is 18.0 Å². The normalized spacial score (nSPS) is 11.9. The van der Waals surface area contributed by atoms with Crippen LogP contribution in [0.1, 0.15) is 56.6 Å². The van der Waals surface area contributed by atoms with E-state index in [0.717, 1.165) is 30.2 Å². The highest BCUT2D eigenvalue weighted by molar-refractivity contribution is 7.97. The van der Waals surface area contributed by atoms with Crippen molar-refractivity contribution >= 4 is 11.9 Å². The highest BCUT2D eigenvalue weighted by Crippen LogP contribution is 2.34. The third-order valence-corrected chi connectivity index (χ3v) is 5.59. The van der Waals surface area contributed by atoms with E-state index in [-0.39, 0.29) is 11.5 Å². The number of halogens is 3. The summed E-state index contributed by atoms with van der Waals surface area (Å²) in [4.78, 5) is 0.721. The quantitative estimate of drug-likeness (QED) is 0.230. The van der Waals surface area contributed by atoms with Crippen LogP contribution in [0.5, 0.6) is 11.5 Å². The van der Waals surface area contributed by atoms with E-state index in [1.165, 1.54) is 55.5 Å². The van der Waals surface area contributed by atoms with E-state index in [2.05, 4.69) is 6.92 Å². The van der Waals surface area contributed by atoms with Crippen LogP contribution >= 0.6 is 11.9 Å². The number of unbranched alkanes of at least 4 members (excludes halogenated alkanes) is 5. The van der Waals surface area contributed by atoms with Gasteiger partial charge in [0.05, 0.1) is 5.56 Å². The van der Waals surface area contributed by atoms with Crippen LogP contribution in [-0.4, -0.2) is 21.1 Å². The van der Waals surface area contributed by atoms with Gasteiger partial charge in [-0.2, -0.15) is 13.2 Å². The number of hydrogen-bond donors (Lipinski definition) is 2. The van der Waals surface area contributed by atoms with E-state index in [4.69, 9.17) is 0 Å². The average Bonchev–Trinajstić information content (AvgIpc) is 2.67. The van der Waals surface area contributed by atoms with Gasteiger partial charge < -0.3 is 10.2 Å². The molecule has 2 aromatic rings. The third kappa shape index (κ3) is 8.19. The number of phenolic OH excluding ortho intramolecular Hbond substituents is 2. The zero-order valence-corrected chi connectivity index (χ0v) is 17.4. The summed E-state index contributed by atoms with van der Waals surface area (Å²) in [6.45, 7) is 3.24. The van der Waals surface area contributed by atoms with E-state index in [1.54, 1.807) is 12.1 Å². The Labute approximate surface area is 174 Å². The number of aromatic hydroxyl groups is 2. The van der Waals surface area contributed by atoms with Gasteiger partial charge in [-0.25, -0.2) is 4.31 Å². The van der Waals surface area contributed by atoms with Crippen LogP contribution in [-0.2, 0) is 12.7 Å². The molecule has 0 spiro atoms. The van der Waals surface area contributed by atoms with E-state index in [1.807, 2.05) is 4.31 Å².